The predicted molar refractivity (Wildman–Crippen MR) is 178 cm³/mol. The average molecular weight is 693 g/mol. The Morgan fingerprint density at radius 2 is 1.34 bits per heavy atom. The van der Waals surface area contributed by atoms with Gasteiger partial charge >= 0.3 is 12.4 Å². The van der Waals surface area contributed by atoms with E-state index in [1.54, 1.807) is 6.07 Å². The molecule has 264 valence electrons. The lowest BCUT2D eigenvalue weighted by Crippen LogP contribution is -2.42. The molecule has 0 spiro atoms. The first-order valence-corrected chi connectivity index (χ1v) is 17.1. The molecule has 4 aliphatic heterocycles. The molecular formula is C32H47ClF6N8. The number of alkyl halides is 6. The summed E-state index contributed by atoms with van der Waals surface area (Å²) >= 11 is 5.86. The molecule has 0 unspecified atom stereocenters. The summed E-state index contributed by atoms with van der Waals surface area (Å²) < 4.78 is 74.5. The van der Waals surface area contributed by atoms with Gasteiger partial charge in [-0.2, -0.15) is 26.3 Å². The fraction of sp³-hybridized carbons (Fsp3) is 0.688. The molecule has 2 aromatic rings. The molecule has 6 heterocycles. The maximum atomic E-state index is 13.1. The SMILES string of the molecule is CCCCN1CCNc2nc(Cl)ccc21.CCCCN1CCNc2nc(N3CCC[C@@H]3C(F)(F)F)ccc21.FC(F)(F)[C@H]1CCCN1. The zero-order valence-electron chi connectivity index (χ0n) is 27.2. The number of unbranched alkanes of at least 4 members (excludes halogenated alkanes) is 2. The molecule has 4 aliphatic rings. The maximum Gasteiger partial charge on any atom is 0.408 e. The third-order valence-corrected chi connectivity index (χ3v) is 8.88. The van der Waals surface area contributed by atoms with Gasteiger partial charge in [-0.15, -0.1) is 0 Å². The number of hydrogen-bond donors (Lipinski definition) is 3. The highest BCUT2D eigenvalue weighted by molar-refractivity contribution is 6.29. The first kappa shape index (κ1) is 37.0. The van der Waals surface area contributed by atoms with Crippen molar-refractivity contribution in [3.05, 3.63) is 29.4 Å². The standard InChI is InChI=1S/C16H23F3N4.C11H16ClN3.C5H8F3N/c1-2-3-9-22-11-8-20-15-12(22)6-7-14(21-15)23-10-4-5-13(23)16(17,18)19;1-2-3-7-15-8-6-13-11-9(15)4-5-10(12)14-11;6-5(7,8)4-2-1-3-9-4/h6-7,13H,2-5,8-11H2,1H3,(H,20,21);4-5H,2-3,6-8H2,1H3,(H,13,14);4,9H,1-3H2/t13-;;4-/m1.1/s1. The van der Waals surface area contributed by atoms with E-state index in [0.29, 0.717) is 42.7 Å². The van der Waals surface area contributed by atoms with Crippen LogP contribution in [-0.4, -0.2) is 86.8 Å². The van der Waals surface area contributed by atoms with Crippen LogP contribution < -0.4 is 30.7 Å². The van der Waals surface area contributed by atoms with Gasteiger partial charge in [-0.05, 0) is 69.3 Å². The van der Waals surface area contributed by atoms with Crippen LogP contribution in [-0.2, 0) is 0 Å². The van der Waals surface area contributed by atoms with Crippen molar-refractivity contribution in [1.29, 1.82) is 0 Å². The Bertz CT molecular complexity index is 1260. The van der Waals surface area contributed by atoms with E-state index < -0.39 is 24.4 Å². The second-order valence-corrected chi connectivity index (χ2v) is 12.5. The summed E-state index contributed by atoms with van der Waals surface area (Å²) in [7, 11) is 0. The fourth-order valence-corrected chi connectivity index (χ4v) is 6.31. The van der Waals surface area contributed by atoms with Crippen LogP contribution in [0.5, 0.6) is 0 Å². The van der Waals surface area contributed by atoms with E-state index in [1.807, 2.05) is 18.2 Å². The van der Waals surface area contributed by atoms with Gasteiger partial charge in [0.05, 0.1) is 11.4 Å². The molecular weight excluding hydrogens is 646 g/mol. The van der Waals surface area contributed by atoms with Gasteiger partial charge < -0.3 is 30.7 Å². The van der Waals surface area contributed by atoms with E-state index in [0.717, 1.165) is 63.6 Å². The van der Waals surface area contributed by atoms with E-state index in [9.17, 15) is 26.3 Å². The Hall–Kier alpha value is -2.87. The van der Waals surface area contributed by atoms with Crippen molar-refractivity contribution in [2.45, 2.75) is 89.7 Å². The topological polar surface area (TPSA) is 71.6 Å². The Labute approximate surface area is 278 Å². The molecule has 3 N–H and O–H groups in total. The number of nitrogens with zero attached hydrogens (tertiary/aromatic N) is 5. The van der Waals surface area contributed by atoms with Gasteiger partial charge in [-0.3, -0.25) is 0 Å². The Kier molecular flexibility index (Phi) is 13.4. The van der Waals surface area contributed by atoms with Crippen LogP contribution in [0, 0.1) is 0 Å². The largest absolute Gasteiger partial charge is 0.408 e. The van der Waals surface area contributed by atoms with Crippen molar-refractivity contribution in [1.82, 2.24) is 15.3 Å². The van der Waals surface area contributed by atoms with Crippen molar-refractivity contribution in [2.24, 2.45) is 0 Å². The third-order valence-electron chi connectivity index (χ3n) is 8.67. The van der Waals surface area contributed by atoms with Crippen LogP contribution >= 0.6 is 11.6 Å². The van der Waals surface area contributed by atoms with Gasteiger partial charge in [0.2, 0.25) is 0 Å². The van der Waals surface area contributed by atoms with Crippen LogP contribution in [0.3, 0.4) is 0 Å². The van der Waals surface area contributed by atoms with Gasteiger partial charge in [0.1, 0.15) is 23.1 Å². The highest BCUT2D eigenvalue weighted by Crippen LogP contribution is 2.37. The van der Waals surface area contributed by atoms with Crippen LogP contribution in [0.15, 0.2) is 24.3 Å². The molecule has 2 saturated heterocycles. The minimum absolute atomic E-state index is 0.151. The Morgan fingerprint density at radius 1 is 0.745 bits per heavy atom. The summed E-state index contributed by atoms with van der Waals surface area (Å²) in [4.78, 5) is 14.8. The lowest BCUT2D eigenvalue weighted by Gasteiger charge is -2.33. The van der Waals surface area contributed by atoms with Crippen LogP contribution in [0.2, 0.25) is 5.15 Å². The molecule has 2 fully saturated rings. The molecule has 0 saturated carbocycles. The molecule has 47 heavy (non-hydrogen) atoms. The van der Waals surface area contributed by atoms with Gasteiger partial charge in [0.15, 0.2) is 11.6 Å². The molecule has 8 nitrogen and oxygen atoms in total. The van der Waals surface area contributed by atoms with E-state index >= 15 is 0 Å². The third kappa shape index (κ3) is 10.3. The smallest absolute Gasteiger partial charge is 0.367 e. The van der Waals surface area contributed by atoms with Gasteiger partial charge in [0.25, 0.3) is 0 Å². The molecule has 6 rings (SSSR count). The number of halogens is 7. The molecule has 2 aromatic heterocycles. The number of anilines is 5. The minimum atomic E-state index is -4.20. The molecule has 0 aromatic carbocycles. The van der Waals surface area contributed by atoms with E-state index in [1.165, 1.54) is 23.4 Å². The van der Waals surface area contributed by atoms with E-state index in [-0.39, 0.29) is 12.8 Å². The summed E-state index contributed by atoms with van der Waals surface area (Å²) in [5.74, 6) is 2.05. The molecule has 2 atom stereocenters. The van der Waals surface area contributed by atoms with Crippen LogP contribution in [0.4, 0.5) is 55.2 Å². The number of pyridine rings is 2. The lowest BCUT2D eigenvalue weighted by molar-refractivity contribution is -0.151. The number of fused-ring (bicyclic) bond motifs is 2. The molecule has 0 aliphatic carbocycles. The summed E-state index contributed by atoms with van der Waals surface area (Å²) in [5.41, 5.74) is 2.18. The molecule has 15 heteroatoms. The average Bonchev–Trinajstić information content (AvgIpc) is 3.77. The van der Waals surface area contributed by atoms with Crippen LogP contribution in [0.25, 0.3) is 0 Å². The first-order chi connectivity index (χ1) is 22.4. The van der Waals surface area contributed by atoms with Gasteiger partial charge in [0, 0.05) is 45.8 Å². The zero-order valence-corrected chi connectivity index (χ0v) is 27.9. The van der Waals surface area contributed by atoms with Crippen molar-refractivity contribution in [2.75, 3.05) is 77.7 Å². The minimum Gasteiger partial charge on any atom is -0.367 e. The second-order valence-electron chi connectivity index (χ2n) is 12.2. The summed E-state index contributed by atoms with van der Waals surface area (Å²) in [6, 6.07) is 4.89. The number of nitrogens with one attached hydrogen (secondary N) is 3. The lowest BCUT2D eigenvalue weighted by atomic mass is 10.2. The normalized spacial score (nSPS) is 20.7. The highest BCUT2D eigenvalue weighted by atomic mass is 35.5. The summed E-state index contributed by atoms with van der Waals surface area (Å²) in [5, 5.41) is 9.42. The quantitative estimate of drug-likeness (QED) is 0.201. The molecule has 0 radical (unpaired) electrons. The Morgan fingerprint density at radius 3 is 1.85 bits per heavy atom. The van der Waals surface area contributed by atoms with E-state index in [4.69, 9.17) is 11.6 Å². The fourth-order valence-electron chi connectivity index (χ4n) is 6.17. The first-order valence-electron chi connectivity index (χ1n) is 16.7. The highest BCUT2D eigenvalue weighted by Gasteiger charge is 2.46. The number of rotatable bonds is 7. The second kappa shape index (κ2) is 17.0. The van der Waals surface area contributed by atoms with E-state index in [2.05, 4.69) is 49.6 Å². The number of hydrogen-bond acceptors (Lipinski definition) is 8. The molecule has 0 bridgehead atoms. The van der Waals surface area contributed by atoms with Gasteiger partial charge in [-0.1, -0.05) is 38.3 Å². The van der Waals surface area contributed by atoms with Crippen LogP contribution in [0.1, 0.15) is 65.2 Å². The van der Waals surface area contributed by atoms with Crippen molar-refractivity contribution in [3.8, 4) is 0 Å². The maximum absolute atomic E-state index is 13.1. The Balaban J connectivity index is 0.000000178. The van der Waals surface area contributed by atoms with Gasteiger partial charge in [-0.25, -0.2) is 9.97 Å². The van der Waals surface area contributed by atoms with Crippen molar-refractivity contribution >= 4 is 40.4 Å². The van der Waals surface area contributed by atoms with Crippen molar-refractivity contribution < 1.29 is 26.3 Å². The van der Waals surface area contributed by atoms with Crippen molar-refractivity contribution in [3.63, 3.8) is 0 Å². The summed E-state index contributed by atoms with van der Waals surface area (Å²) in [6.45, 7) is 11.0. The molecule has 0 amide bonds. The zero-order chi connectivity index (χ0) is 34.0. The number of aromatic nitrogens is 2. The summed E-state index contributed by atoms with van der Waals surface area (Å²) in [6.07, 6.45) is -1.98. The predicted octanol–water partition coefficient (Wildman–Crippen LogP) is 7.71. The monoisotopic (exact) mass is 692 g/mol.